The second kappa shape index (κ2) is 9.50. The fourth-order valence-corrected chi connectivity index (χ4v) is 5.66. The number of nitrogens with zero attached hydrogens (tertiary/aromatic N) is 2. The third-order valence-electron chi connectivity index (χ3n) is 6.49. The van der Waals surface area contributed by atoms with E-state index in [2.05, 4.69) is 31.1 Å². The van der Waals surface area contributed by atoms with Crippen molar-refractivity contribution in [3.8, 4) is 0 Å². The van der Waals surface area contributed by atoms with Crippen LogP contribution in [0.15, 0.2) is 53.5 Å². The Morgan fingerprint density at radius 3 is 2.62 bits per heavy atom. The molecule has 0 bridgehead atoms. The summed E-state index contributed by atoms with van der Waals surface area (Å²) in [4.78, 5) is 30.2. The molecule has 1 aromatic heterocycles. The molecule has 1 atom stereocenters. The first-order chi connectivity index (χ1) is 16.1. The summed E-state index contributed by atoms with van der Waals surface area (Å²) in [6, 6.07) is 14.4. The van der Waals surface area contributed by atoms with Gasteiger partial charge in [-0.25, -0.2) is 4.99 Å². The Morgan fingerprint density at radius 1 is 1.21 bits per heavy atom. The quantitative estimate of drug-likeness (QED) is 0.242. The molecule has 7 heteroatoms. The van der Waals surface area contributed by atoms with Gasteiger partial charge in [0.25, 0.3) is 11.6 Å². The summed E-state index contributed by atoms with van der Waals surface area (Å²) >= 11 is 1.56. The number of benzene rings is 2. The smallest absolute Gasteiger partial charge is 0.272 e. The predicted molar refractivity (Wildman–Crippen MR) is 139 cm³/mol. The number of amides is 1. The second-order valence-electron chi connectivity index (χ2n) is 9.87. The van der Waals surface area contributed by atoms with Gasteiger partial charge in [0.05, 0.1) is 10.5 Å². The van der Waals surface area contributed by atoms with Gasteiger partial charge in [-0.15, -0.1) is 11.3 Å². The van der Waals surface area contributed by atoms with Gasteiger partial charge in [-0.3, -0.25) is 14.9 Å². The molecular formula is C27H29N3O3S. The van der Waals surface area contributed by atoms with Crippen molar-refractivity contribution in [1.82, 2.24) is 0 Å². The number of nitrogens with one attached hydrogen (secondary N) is 1. The van der Waals surface area contributed by atoms with Crippen molar-refractivity contribution in [3.63, 3.8) is 0 Å². The molecule has 1 aliphatic rings. The Balaban J connectivity index is 1.72. The van der Waals surface area contributed by atoms with Crippen LogP contribution < -0.4 is 5.32 Å². The zero-order valence-electron chi connectivity index (χ0n) is 19.9. The lowest BCUT2D eigenvalue weighted by Crippen LogP contribution is -2.27. The number of fused-ring (bicyclic) bond motifs is 1. The first-order valence-corrected chi connectivity index (χ1v) is 12.2. The van der Waals surface area contributed by atoms with E-state index in [0.717, 1.165) is 30.5 Å². The van der Waals surface area contributed by atoms with Gasteiger partial charge in [0.15, 0.2) is 0 Å². The Hall–Kier alpha value is -3.32. The summed E-state index contributed by atoms with van der Waals surface area (Å²) in [5, 5.41) is 15.0. The maximum atomic E-state index is 13.4. The molecular weight excluding hydrogens is 446 g/mol. The highest BCUT2D eigenvalue weighted by atomic mass is 32.1. The lowest BCUT2D eigenvalue weighted by molar-refractivity contribution is -0.385. The maximum absolute atomic E-state index is 13.4. The van der Waals surface area contributed by atoms with Crippen molar-refractivity contribution in [2.45, 2.75) is 47.0 Å². The van der Waals surface area contributed by atoms with Crippen molar-refractivity contribution in [3.05, 3.63) is 85.8 Å². The minimum Gasteiger partial charge on any atom is -0.322 e. The number of aryl methyl sites for hydroxylation is 1. The highest BCUT2D eigenvalue weighted by Crippen LogP contribution is 2.45. The molecule has 1 aliphatic carbocycles. The van der Waals surface area contributed by atoms with Crippen molar-refractivity contribution in [2.24, 2.45) is 16.3 Å². The molecule has 3 aromatic rings. The van der Waals surface area contributed by atoms with E-state index in [1.165, 1.54) is 10.9 Å². The molecule has 6 nitrogen and oxygen atoms in total. The van der Waals surface area contributed by atoms with E-state index in [0.29, 0.717) is 27.6 Å². The third-order valence-corrected chi connectivity index (χ3v) is 7.65. The van der Waals surface area contributed by atoms with Gasteiger partial charge in [0, 0.05) is 28.4 Å². The second-order valence-corrected chi connectivity index (χ2v) is 11.0. The van der Waals surface area contributed by atoms with Gasteiger partial charge in [0.2, 0.25) is 0 Å². The summed E-state index contributed by atoms with van der Waals surface area (Å²) in [6.07, 6.45) is 4.42. The van der Waals surface area contributed by atoms with Gasteiger partial charge in [-0.1, -0.05) is 51.1 Å². The van der Waals surface area contributed by atoms with Crippen LogP contribution in [-0.4, -0.2) is 17.0 Å². The highest BCUT2D eigenvalue weighted by molar-refractivity contribution is 7.16. The van der Waals surface area contributed by atoms with E-state index < -0.39 is 0 Å². The van der Waals surface area contributed by atoms with Crippen molar-refractivity contribution in [2.75, 3.05) is 5.32 Å². The van der Waals surface area contributed by atoms with Crippen LogP contribution in [0, 0.1) is 28.4 Å². The lowest BCUT2D eigenvalue weighted by Gasteiger charge is -2.33. The highest BCUT2D eigenvalue weighted by Gasteiger charge is 2.33. The lowest BCUT2D eigenvalue weighted by atomic mass is 9.72. The summed E-state index contributed by atoms with van der Waals surface area (Å²) < 4.78 is 0. The zero-order chi connectivity index (χ0) is 24.5. The molecule has 4 rings (SSSR count). The van der Waals surface area contributed by atoms with Crippen LogP contribution in [-0.2, 0) is 12.8 Å². The molecule has 1 heterocycles. The van der Waals surface area contributed by atoms with Crippen LogP contribution in [0.1, 0.15) is 59.1 Å². The average molecular weight is 476 g/mol. The first kappa shape index (κ1) is 23.8. The van der Waals surface area contributed by atoms with Crippen molar-refractivity contribution >= 4 is 39.8 Å². The minimum atomic E-state index is -0.387. The SMILES string of the molecule is Cc1ccc(C=Nc2sc3c(c2C(=O)Nc2ccccc2)CC[C@H](C(C)(C)C)C3)cc1[N+](=O)[O-]. The standard InChI is InChI=1S/C27H29N3O3S/c1-17-10-11-18(14-22(17)30(32)33)16-28-26-24(25(31)29-20-8-6-5-7-9-20)21-13-12-19(27(2,3)4)15-23(21)34-26/h5-11,14,16,19H,12-13,15H2,1-4H3,(H,29,31)/t19-/m0/s1. The number of hydrogen-bond acceptors (Lipinski definition) is 5. The van der Waals surface area contributed by atoms with Gasteiger partial charge >= 0.3 is 0 Å². The fourth-order valence-electron chi connectivity index (χ4n) is 4.39. The van der Waals surface area contributed by atoms with E-state index in [1.54, 1.807) is 36.6 Å². The summed E-state index contributed by atoms with van der Waals surface area (Å²) in [5.74, 6) is 0.375. The molecule has 0 radical (unpaired) electrons. The third kappa shape index (κ3) is 5.09. The average Bonchev–Trinajstić information content (AvgIpc) is 3.16. The maximum Gasteiger partial charge on any atom is 0.272 e. The number of anilines is 1. The number of carbonyl (C=O) groups excluding carboxylic acids is 1. The Bertz CT molecular complexity index is 1260. The molecule has 0 aliphatic heterocycles. The van der Waals surface area contributed by atoms with E-state index in [-0.39, 0.29) is 21.9 Å². The van der Waals surface area contributed by atoms with E-state index >= 15 is 0 Å². The number of thiophene rings is 1. The van der Waals surface area contributed by atoms with E-state index in [4.69, 9.17) is 0 Å². The largest absolute Gasteiger partial charge is 0.322 e. The molecule has 0 unspecified atom stereocenters. The summed E-state index contributed by atoms with van der Waals surface area (Å²) in [7, 11) is 0. The fraction of sp³-hybridized carbons (Fsp3) is 0.333. The topological polar surface area (TPSA) is 84.6 Å². The van der Waals surface area contributed by atoms with Crippen LogP contribution in [0.5, 0.6) is 0 Å². The van der Waals surface area contributed by atoms with Crippen LogP contribution in [0.25, 0.3) is 0 Å². The van der Waals surface area contributed by atoms with Crippen LogP contribution in [0.4, 0.5) is 16.4 Å². The molecule has 0 spiro atoms. The minimum absolute atomic E-state index is 0.0597. The van der Waals surface area contributed by atoms with E-state index in [9.17, 15) is 14.9 Å². The van der Waals surface area contributed by atoms with Crippen LogP contribution >= 0.6 is 11.3 Å². The molecule has 1 N–H and O–H groups in total. The Morgan fingerprint density at radius 2 is 1.94 bits per heavy atom. The van der Waals surface area contributed by atoms with Gasteiger partial charge in [-0.2, -0.15) is 0 Å². The zero-order valence-corrected chi connectivity index (χ0v) is 20.7. The molecule has 0 saturated heterocycles. The van der Waals surface area contributed by atoms with Crippen LogP contribution in [0.3, 0.4) is 0 Å². The molecule has 0 saturated carbocycles. The predicted octanol–water partition coefficient (Wildman–Crippen LogP) is 7.12. The monoisotopic (exact) mass is 475 g/mol. The molecule has 2 aromatic carbocycles. The molecule has 1 amide bonds. The van der Waals surface area contributed by atoms with Gasteiger partial charge < -0.3 is 5.32 Å². The van der Waals surface area contributed by atoms with Gasteiger partial charge in [0.1, 0.15) is 5.00 Å². The van der Waals surface area contributed by atoms with Crippen molar-refractivity contribution < 1.29 is 9.72 Å². The Kier molecular flexibility index (Phi) is 6.66. The number of nitro benzene ring substituents is 1. The molecule has 176 valence electrons. The van der Waals surface area contributed by atoms with Crippen molar-refractivity contribution in [1.29, 1.82) is 0 Å². The number of hydrogen-bond donors (Lipinski definition) is 1. The number of nitro groups is 1. The van der Waals surface area contributed by atoms with E-state index in [1.807, 2.05) is 30.3 Å². The number of rotatable bonds is 5. The van der Waals surface area contributed by atoms with Gasteiger partial charge in [-0.05, 0) is 60.8 Å². The summed E-state index contributed by atoms with van der Waals surface area (Å²) in [6.45, 7) is 8.51. The molecule has 0 fully saturated rings. The Labute approximate surface area is 203 Å². The normalized spacial score (nSPS) is 15.8. The van der Waals surface area contributed by atoms with Crippen LogP contribution in [0.2, 0.25) is 0 Å². The summed E-state index contributed by atoms with van der Waals surface area (Å²) in [5.41, 5.74) is 3.92. The number of carbonyl (C=O) groups is 1. The number of para-hydroxylation sites is 1. The number of aliphatic imine (C=N–C) groups is 1. The molecule has 34 heavy (non-hydrogen) atoms. The first-order valence-electron chi connectivity index (χ1n) is 11.4.